The molecule has 2 aromatic heterocycles. The smallest absolute Gasteiger partial charge is 0.249 e. The van der Waals surface area contributed by atoms with Gasteiger partial charge in [0.15, 0.2) is 0 Å². The lowest BCUT2D eigenvalue weighted by molar-refractivity contribution is -0.114. The molecule has 0 aliphatic heterocycles. The summed E-state index contributed by atoms with van der Waals surface area (Å²) in [7, 11) is 0. The first-order chi connectivity index (χ1) is 16.9. The molecule has 2 amide bonds. The molecule has 0 atom stereocenters. The first-order valence-corrected chi connectivity index (χ1v) is 10.8. The Bertz CT molecular complexity index is 1490. The summed E-state index contributed by atoms with van der Waals surface area (Å²) < 4.78 is 0. The van der Waals surface area contributed by atoms with Crippen molar-refractivity contribution in [3.05, 3.63) is 90.4 Å². The average Bonchev–Trinajstić information content (AvgIpc) is 2.84. The molecule has 35 heavy (non-hydrogen) atoms. The maximum Gasteiger partial charge on any atom is 0.249 e. The second-order valence-corrected chi connectivity index (χ2v) is 7.89. The number of nitrogen functional groups attached to an aromatic ring is 1. The van der Waals surface area contributed by atoms with Crippen molar-refractivity contribution < 1.29 is 9.59 Å². The van der Waals surface area contributed by atoms with Gasteiger partial charge >= 0.3 is 0 Å². The number of nitrogens with two attached hydrogens (primary N) is 1. The van der Waals surface area contributed by atoms with Crippen molar-refractivity contribution in [2.24, 2.45) is 0 Å². The van der Waals surface area contributed by atoms with Crippen LogP contribution in [-0.2, 0) is 16.0 Å². The van der Waals surface area contributed by atoms with Crippen LogP contribution in [0.2, 0.25) is 0 Å². The number of amides is 2. The second-order valence-electron chi connectivity index (χ2n) is 7.89. The molecular weight excluding hydrogens is 440 g/mol. The fraction of sp³-hybridized carbons (Fsp3) is 0.0741. The van der Waals surface area contributed by atoms with Crippen LogP contribution in [0.25, 0.3) is 21.9 Å². The molecule has 0 unspecified atom stereocenters. The summed E-state index contributed by atoms with van der Waals surface area (Å²) >= 11 is 0. The molecular formula is C27H22N6O2. The van der Waals surface area contributed by atoms with Gasteiger partial charge in [0.2, 0.25) is 11.8 Å². The minimum atomic E-state index is -0.497. The van der Waals surface area contributed by atoms with Crippen LogP contribution >= 0.6 is 0 Å². The van der Waals surface area contributed by atoms with Gasteiger partial charge in [-0.3, -0.25) is 14.6 Å². The quantitative estimate of drug-likeness (QED) is 0.287. The molecule has 0 spiro atoms. The number of hydrogen-bond acceptors (Lipinski definition) is 6. The van der Waals surface area contributed by atoms with E-state index in [1.165, 1.54) is 0 Å². The number of carbonyl (C=O) groups is 2. The highest BCUT2D eigenvalue weighted by molar-refractivity contribution is 6.07. The fourth-order valence-electron chi connectivity index (χ4n) is 3.58. The summed E-state index contributed by atoms with van der Waals surface area (Å²) in [5.74, 6) is -0.618. The molecule has 8 nitrogen and oxygen atoms in total. The van der Waals surface area contributed by atoms with Gasteiger partial charge in [0.05, 0.1) is 12.5 Å². The average molecular weight is 463 g/mol. The molecule has 0 aliphatic carbocycles. The van der Waals surface area contributed by atoms with Gasteiger partial charge in [-0.2, -0.15) is 5.26 Å². The Morgan fingerprint density at radius 3 is 2.49 bits per heavy atom. The number of fused-ring (bicyclic) bond motifs is 1. The van der Waals surface area contributed by atoms with Crippen LogP contribution in [-0.4, -0.2) is 21.8 Å². The number of anilines is 3. The molecule has 8 heteroatoms. The molecule has 0 aliphatic rings. The van der Waals surface area contributed by atoms with Crippen molar-refractivity contribution in [3.8, 4) is 17.2 Å². The van der Waals surface area contributed by atoms with Gasteiger partial charge in [0.25, 0.3) is 0 Å². The number of hydrogen-bond donors (Lipinski definition) is 3. The Morgan fingerprint density at radius 2 is 1.77 bits per heavy atom. The van der Waals surface area contributed by atoms with Crippen molar-refractivity contribution >= 4 is 39.8 Å². The number of carbonyl (C=O) groups excluding carboxylic acids is 2. The maximum absolute atomic E-state index is 12.3. The van der Waals surface area contributed by atoms with E-state index in [1.54, 1.807) is 48.9 Å². The van der Waals surface area contributed by atoms with E-state index in [4.69, 9.17) is 11.0 Å². The predicted molar refractivity (Wildman–Crippen MR) is 136 cm³/mol. The molecule has 4 aromatic rings. The topological polar surface area (TPSA) is 134 Å². The highest BCUT2D eigenvalue weighted by atomic mass is 16.2. The SMILES string of the molecule is Cc1ccncc1-c1cc(N)c2cnc(NC(=O)/C=C/C(=O)Nc3ccc(CC#N)cc3)cc2c1. The molecule has 0 fully saturated rings. The zero-order valence-electron chi connectivity index (χ0n) is 18.9. The first kappa shape index (κ1) is 23.1. The largest absolute Gasteiger partial charge is 0.398 e. The summed E-state index contributed by atoms with van der Waals surface area (Å²) in [6, 6.07) is 16.5. The van der Waals surface area contributed by atoms with Crippen LogP contribution in [0.1, 0.15) is 11.1 Å². The van der Waals surface area contributed by atoms with E-state index in [9.17, 15) is 9.59 Å². The fourth-order valence-corrected chi connectivity index (χ4v) is 3.58. The van der Waals surface area contributed by atoms with Crippen molar-refractivity contribution in [1.82, 2.24) is 9.97 Å². The predicted octanol–water partition coefficient (Wildman–Crippen LogP) is 4.39. The third-order valence-corrected chi connectivity index (χ3v) is 5.36. The highest BCUT2D eigenvalue weighted by Crippen LogP contribution is 2.31. The minimum Gasteiger partial charge on any atom is -0.398 e. The molecule has 0 saturated carbocycles. The van der Waals surface area contributed by atoms with Gasteiger partial charge in [-0.05, 0) is 65.4 Å². The lowest BCUT2D eigenvalue weighted by Gasteiger charge is -2.10. The van der Waals surface area contributed by atoms with Gasteiger partial charge in [-0.25, -0.2) is 4.98 Å². The Kier molecular flexibility index (Phi) is 6.79. The molecule has 4 rings (SSSR count). The van der Waals surface area contributed by atoms with E-state index in [0.29, 0.717) is 23.6 Å². The monoisotopic (exact) mass is 462 g/mol. The number of aryl methyl sites for hydroxylation is 1. The molecule has 172 valence electrons. The van der Waals surface area contributed by atoms with E-state index in [0.717, 1.165) is 45.2 Å². The van der Waals surface area contributed by atoms with Gasteiger partial charge < -0.3 is 16.4 Å². The van der Waals surface area contributed by atoms with Gasteiger partial charge in [0, 0.05) is 53.1 Å². The van der Waals surface area contributed by atoms with Crippen molar-refractivity contribution in [3.63, 3.8) is 0 Å². The second kappa shape index (κ2) is 10.3. The zero-order valence-corrected chi connectivity index (χ0v) is 18.9. The lowest BCUT2D eigenvalue weighted by atomic mass is 9.99. The van der Waals surface area contributed by atoms with E-state index in [1.807, 2.05) is 25.1 Å². The van der Waals surface area contributed by atoms with E-state index in [2.05, 4.69) is 26.7 Å². The van der Waals surface area contributed by atoms with Crippen LogP contribution in [0, 0.1) is 18.3 Å². The molecule has 4 N–H and O–H groups in total. The third kappa shape index (κ3) is 5.67. The first-order valence-electron chi connectivity index (χ1n) is 10.8. The minimum absolute atomic E-state index is 0.300. The Labute approximate surface area is 202 Å². The number of aromatic nitrogens is 2. The van der Waals surface area contributed by atoms with Crippen LogP contribution in [0.4, 0.5) is 17.2 Å². The molecule has 0 bridgehead atoms. The number of benzene rings is 2. The highest BCUT2D eigenvalue weighted by Gasteiger charge is 2.09. The van der Waals surface area contributed by atoms with Crippen LogP contribution in [0.15, 0.2) is 79.3 Å². The number of nitrogens with one attached hydrogen (secondary N) is 2. The van der Waals surface area contributed by atoms with Crippen molar-refractivity contribution in [1.29, 1.82) is 5.26 Å². The van der Waals surface area contributed by atoms with Crippen LogP contribution in [0.5, 0.6) is 0 Å². The molecule has 2 aromatic carbocycles. The van der Waals surface area contributed by atoms with Crippen LogP contribution < -0.4 is 16.4 Å². The number of nitrogens with zero attached hydrogens (tertiary/aromatic N) is 3. The molecule has 2 heterocycles. The summed E-state index contributed by atoms with van der Waals surface area (Å²) in [6.07, 6.45) is 7.70. The van der Waals surface area contributed by atoms with Gasteiger partial charge in [-0.1, -0.05) is 12.1 Å². The Hall–Kier alpha value is -5.03. The van der Waals surface area contributed by atoms with Crippen molar-refractivity contribution in [2.75, 3.05) is 16.4 Å². The van der Waals surface area contributed by atoms with Gasteiger partial charge in [0.1, 0.15) is 5.82 Å². The molecule has 0 saturated heterocycles. The summed E-state index contributed by atoms with van der Waals surface area (Å²) in [5.41, 5.74) is 11.2. The van der Waals surface area contributed by atoms with Crippen molar-refractivity contribution in [2.45, 2.75) is 13.3 Å². The number of nitriles is 1. The Balaban J connectivity index is 1.45. The molecule has 0 radical (unpaired) electrons. The van der Waals surface area contributed by atoms with Gasteiger partial charge in [-0.15, -0.1) is 0 Å². The lowest BCUT2D eigenvalue weighted by Crippen LogP contribution is -2.12. The zero-order chi connectivity index (χ0) is 24.8. The van der Waals surface area contributed by atoms with E-state index < -0.39 is 11.8 Å². The van der Waals surface area contributed by atoms with E-state index >= 15 is 0 Å². The van der Waals surface area contributed by atoms with E-state index in [-0.39, 0.29) is 0 Å². The summed E-state index contributed by atoms with van der Waals surface area (Å²) in [4.78, 5) is 32.9. The number of pyridine rings is 2. The normalized spacial score (nSPS) is 10.7. The third-order valence-electron chi connectivity index (χ3n) is 5.36. The van der Waals surface area contributed by atoms with Crippen LogP contribution in [0.3, 0.4) is 0 Å². The Morgan fingerprint density at radius 1 is 1.03 bits per heavy atom. The standard InChI is InChI=1S/C27H22N6O2/c1-17-9-11-30-15-22(17)19-12-20-14-25(31-16-23(20)24(29)13-19)33-27(35)7-6-26(34)32-21-4-2-18(3-5-21)8-10-28/h2-7,9,11-16H,8,29H2,1H3,(H,32,34)(H,31,33,35)/b7-6+. The maximum atomic E-state index is 12.3. The summed E-state index contributed by atoms with van der Waals surface area (Å²) in [6.45, 7) is 2.00. The number of rotatable bonds is 6. The summed E-state index contributed by atoms with van der Waals surface area (Å²) in [5, 5.41) is 15.6.